The van der Waals surface area contributed by atoms with Crippen LogP contribution >= 0.6 is 11.3 Å². The van der Waals surface area contributed by atoms with Crippen LogP contribution in [0.15, 0.2) is 67.1 Å². The minimum atomic E-state index is -0.339. The number of pyridine rings is 1. The zero-order chi connectivity index (χ0) is 25.1. The Kier molecular flexibility index (Phi) is 6.21. The van der Waals surface area contributed by atoms with Crippen LogP contribution in [0.4, 0.5) is 5.13 Å². The average Bonchev–Trinajstić information content (AvgIpc) is 3.34. The number of benzene rings is 2. The van der Waals surface area contributed by atoms with E-state index in [1.807, 2.05) is 24.3 Å². The molecule has 3 aromatic heterocycles. The van der Waals surface area contributed by atoms with Gasteiger partial charge in [0.2, 0.25) is 0 Å². The summed E-state index contributed by atoms with van der Waals surface area (Å²) in [5.41, 5.74) is 4.02. The van der Waals surface area contributed by atoms with Gasteiger partial charge in [-0.1, -0.05) is 35.6 Å². The van der Waals surface area contributed by atoms with Gasteiger partial charge in [0.15, 0.2) is 15.6 Å². The standard InChI is InChI=1S/C26H18N6O3S/c1-34-21-6-4-3-5-17(21)19-13-28-10-9-18(19)24(33)32-26-31-23-25(36-26)30-20(14-29-23)15-7-8-16(12-27)22(11-15)35-2/h3-11,13-14H,1-2H3,(H,29,31,32,33). The third-order valence-electron chi connectivity index (χ3n) is 5.42. The van der Waals surface area contributed by atoms with Crippen LogP contribution in [0, 0.1) is 11.3 Å². The molecule has 0 fully saturated rings. The van der Waals surface area contributed by atoms with Crippen molar-refractivity contribution in [2.75, 3.05) is 19.5 Å². The second kappa shape index (κ2) is 9.77. The number of nitrogens with one attached hydrogen (secondary N) is 1. The lowest BCUT2D eigenvalue weighted by molar-refractivity contribution is 0.102. The highest BCUT2D eigenvalue weighted by molar-refractivity contribution is 7.21. The molecule has 0 saturated heterocycles. The summed E-state index contributed by atoms with van der Waals surface area (Å²) in [4.78, 5) is 31.4. The quantitative estimate of drug-likeness (QED) is 0.351. The number of fused-ring (bicyclic) bond motifs is 1. The fraction of sp³-hybridized carbons (Fsp3) is 0.0769. The van der Waals surface area contributed by atoms with Crippen molar-refractivity contribution in [3.05, 3.63) is 78.2 Å². The van der Waals surface area contributed by atoms with E-state index in [0.29, 0.717) is 49.5 Å². The number of hydrogen-bond acceptors (Lipinski definition) is 9. The van der Waals surface area contributed by atoms with Gasteiger partial charge in [0.25, 0.3) is 5.91 Å². The Morgan fingerprint density at radius 3 is 2.64 bits per heavy atom. The number of aromatic nitrogens is 4. The summed E-state index contributed by atoms with van der Waals surface area (Å²) in [5, 5.41) is 12.4. The van der Waals surface area contributed by atoms with Gasteiger partial charge in [-0.05, 0) is 24.3 Å². The maximum Gasteiger partial charge on any atom is 0.258 e. The molecule has 9 nitrogen and oxygen atoms in total. The number of ether oxygens (including phenoxy) is 2. The molecular formula is C26H18N6O3S. The fourth-order valence-corrected chi connectivity index (χ4v) is 4.49. The van der Waals surface area contributed by atoms with E-state index in [1.165, 1.54) is 18.4 Å². The first-order chi connectivity index (χ1) is 17.6. The van der Waals surface area contributed by atoms with Gasteiger partial charge in [-0.3, -0.25) is 15.1 Å². The number of rotatable bonds is 6. The molecule has 1 amide bonds. The summed E-state index contributed by atoms with van der Waals surface area (Å²) in [5.74, 6) is 0.756. The van der Waals surface area contributed by atoms with Crippen LogP contribution in [-0.2, 0) is 0 Å². The van der Waals surface area contributed by atoms with Gasteiger partial charge in [-0.2, -0.15) is 10.2 Å². The molecule has 0 aliphatic heterocycles. The Morgan fingerprint density at radius 1 is 1.00 bits per heavy atom. The highest BCUT2D eigenvalue weighted by Gasteiger charge is 2.18. The van der Waals surface area contributed by atoms with Crippen LogP contribution in [0.3, 0.4) is 0 Å². The van der Waals surface area contributed by atoms with Gasteiger partial charge in [0.05, 0.1) is 37.2 Å². The molecule has 3 heterocycles. The summed E-state index contributed by atoms with van der Waals surface area (Å²) < 4.78 is 10.7. The minimum absolute atomic E-state index is 0.339. The number of carbonyl (C=O) groups excluding carboxylic acids is 1. The Morgan fingerprint density at radius 2 is 1.83 bits per heavy atom. The van der Waals surface area contributed by atoms with Crippen molar-refractivity contribution < 1.29 is 14.3 Å². The maximum atomic E-state index is 13.2. The Bertz CT molecular complexity index is 1640. The van der Waals surface area contributed by atoms with Crippen molar-refractivity contribution in [1.82, 2.24) is 19.9 Å². The SMILES string of the molecule is COc1cc(-c2cnc3nc(NC(=O)c4ccncc4-c4ccccc4OC)sc3n2)ccc1C#N. The van der Waals surface area contributed by atoms with E-state index < -0.39 is 0 Å². The van der Waals surface area contributed by atoms with E-state index in [2.05, 4.69) is 31.3 Å². The average molecular weight is 495 g/mol. The molecule has 0 unspecified atom stereocenters. The largest absolute Gasteiger partial charge is 0.496 e. The molecule has 0 radical (unpaired) electrons. The molecule has 10 heteroatoms. The lowest BCUT2D eigenvalue weighted by atomic mass is 10.0. The number of thiazole rings is 1. The molecule has 36 heavy (non-hydrogen) atoms. The molecular weight excluding hydrogens is 476 g/mol. The number of amides is 1. The zero-order valence-corrected chi connectivity index (χ0v) is 20.0. The number of nitriles is 1. The second-order valence-corrected chi connectivity index (χ2v) is 8.48. The zero-order valence-electron chi connectivity index (χ0n) is 19.2. The summed E-state index contributed by atoms with van der Waals surface area (Å²) in [6.45, 7) is 0. The first kappa shape index (κ1) is 22.9. The number of anilines is 1. The van der Waals surface area contributed by atoms with Crippen LogP contribution < -0.4 is 14.8 Å². The predicted octanol–water partition coefficient (Wildman–Crippen LogP) is 4.96. The maximum absolute atomic E-state index is 13.2. The number of para-hydroxylation sites is 1. The highest BCUT2D eigenvalue weighted by atomic mass is 32.1. The summed E-state index contributed by atoms with van der Waals surface area (Å²) >= 11 is 1.22. The van der Waals surface area contributed by atoms with E-state index in [4.69, 9.17) is 9.47 Å². The number of nitrogens with zero attached hydrogens (tertiary/aromatic N) is 5. The van der Waals surface area contributed by atoms with Crippen molar-refractivity contribution in [2.24, 2.45) is 0 Å². The van der Waals surface area contributed by atoms with E-state index in [9.17, 15) is 10.1 Å². The fourth-order valence-electron chi connectivity index (χ4n) is 3.70. The van der Waals surface area contributed by atoms with Gasteiger partial charge in [0, 0.05) is 29.1 Å². The molecule has 5 aromatic rings. The number of hydrogen-bond donors (Lipinski definition) is 1. The van der Waals surface area contributed by atoms with Gasteiger partial charge in [0.1, 0.15) is 17.6 Å². The minimum Gasteiger partial charge on any atom is -0.496 e. The van der Waals surface area contributed by atoms with Crippen LogP contribution in [0.25, 0.3) is 32.9 Å². The molecule has 1 N–H and O–H groups in total. The molecule has 0 bridgehead atoms. The van der Waals surface area contributed by atoms with E-state index >= 15 is 0 Å². The van der Waals surface area contributed by atoms with Crippen molar-refractivity contribution in [1.29, 1.82) is 5.26 Å². The Hall–Kier alpha value is -4.88. The van der Waals surface area contributed by atoms with Crippen molar-refractivity contribution in [3.63, 3.8) is 0 Å². The Balaban J connectivity index is 1.45. The van der Waals surface area contributed by atoms with Crippen molar-refractivity contribution >= 4 is 32.9 Å². The molecule has 0 saturated carbocycles. The summed E-state index contributed by atoms with van der Waals surface area (Å²) in [6.07, 6.45) is 4.79. The van der Waals surface area contributed by atoms with Crippen molar-refractivity contribution in [3.8, 4) is 40.0 Å². The third kappa shape index (κ3) is 4.31. The van der Waals surface area contributed by atoms with Crippen molar-refractivity contribution in [2.45, 2.75) is 0 Å². The monoisotopic (exact) mass is 494 g/mol. The number of methoxy groups -OCH3 is 2. The van der Waals surface area contributed by atoms with Gasteiger partial charge in [-0.25, -0.2) is 9.97 Å². The Labute approximate surface area is 210 Å². The molecule has 0 aliphatic carbocycles. The molecule has 0 spiro atoms. The van der Waals surface area contributed by atoms with Gasteiger partial charge < -0.3 is 9.47 Å². The van der Waals surface area contributed by atoms with Crippen LogP contribution in [0.1, 0.15) is 15.9 Å². The first-order valence-corrected chi connectivity index (χ1v) is 11.5. The molecule has 2 aromatic carbocycles. The van der Waals surface area contributed by atoms with Crippen LogP contribution in [0.2, 0.25) is 0 Å². The van der Waals surface area contributed by atoms with Crippen LogP contribution in [0.5, 0.6) is 11.5 Å². The van der Waals surface area contributed by atoms with E-state index in [1.54, 1.807) is 50.0 Å². The van der Waals surface area contributed by atoms with E-state index in [-0.39, 0.29) is 5.91 Å². The normalized spacial score (nSPS) is 10.6. The summed E-state index contributed by atoms with van der Waals surface area (Å²) in [6, 6.07) is 16.4. The molecule has 0 atom stereocenters. The van der Waals surface area contributed by atoms with Gasteiger partial charge in [-0.15, -0.1) is 0 Å². The molecule has 5 rings (SSSR count). The van der Waals surface area contributed by atoms with Crippen LogP contribution in [-0.4, -0.2) is 40.1 Å². The predicted molar refractivity (Wildman–Crippen MR) is 136 cm³/mol. The lowest BCUT2D eigenvalue weighted by Gasteiger charge is -2.11. The van der Waals surface area contributed by atoms with E-state index in [0.717, 1.165) is 11.1 Å². The molecule has 0 aliphatic rings. The smallest absolute Gasteiger partial charge is 0.258 e. The van der Waals surface area contributed by atoms with Gasteiger partial charge >= 0.3 is 0 Å². The third-order valence-corrected chi connectivity index (χ3v) is 6.28. The lowest BCUT2D eigenvalue weighted by Crippen LogP contribution is -2.13. The number of carbonyl (C=O) groups is 1. The second-order valence-electron chi connectivity index (χ2n) is 7.51. The molecule has 176 valence electrons. The summed E-state index contributed by atoms with van der Waals surface area (Å²) in [7, 11) is 3.09. The first-order valence-electron chi connectivity index (χ1n) is 10.7. The highest BCUT2D eigenvalue weighted by Crippen LogP contribution is 2.33. The topological polar surface area (TPSA) is 123 Å².